The molecule has 0 atom stereocenters. The summed E-state index contributed by atoms with van der Waals surface area (Å²) in [7, 11) is 0. The second-order valence-corrected chi connectivity index (χ2v) is 5.33. The summed E-state index contributed by atoms with van der Waals surface area (Å²) in [5.41, 5.74) is 8.31. The van der Waals surface area contributed by atoms with E-state index in [9.17, 15) is 4.79 Å². The van der Waals surface area contributed by atoms with E-state index in [1.807, 2.05) is 41.3 Å². The molecule has 3 N–H and O–H groups in total. The number of nitrogens with zero attached hydrogens (tertiary/aromatic N) is 2. The van der Waals surface area contributed by atoms with Crippen molar-refractivity contribution in [2.75, 3.05) is 42.1 Å². The third-order valence-electron chi connectivity index (χ3n) is 3.89. The van der Waals surface area contributed by atoms with Gasteiger partial charge in [-0.2, -0.15) is 0 Å². The van der Waals surface area contributed by atoms with Gasteiger partial charge in [0.25, 0.3) is 0 Å². The van der Waals surface area contributed by atoms with Crippen molar-refractivity contribution in [1.82, 2.24) is 4.90 Å². The second-order valence-electron chi connectivity index (χ2n) is 5.33. The first-order valence-electron chi connectivity index (χ1n) is 7.44. The monoisotopic (exact) mass is 296 g/mol. The number of urea groups is 1. The molecule has 2 aromatic carbocycles. The molecule has 0 bridgehead atoms. The number of hydrogen-bond donors (Lipinski definition) is 2. The van der Waals surface area contributed by atoms with Gasteiger partial charge in [-0.3, -0.25) is 0 Å². The van der Waals surface area contributed by atoms with Gasteiger partial charge in [-0.1, -0.05) is 30.3 Å². The molecule has 5 nitrogen and oxygen atoms in total. The van der Waals surface area contributed by atoms with Gasteiger partial charge < -0.3 is 20.9 Å². The summed E-state index contributed by atoms with van der Waals surface area (Å²) in [5.74, 6) is 0. The Morgan fingerprint density at radius 2 is 1.55 bits per heavy atom. The quantitative estimate of drug-likeness (QED) is 0.837. The van der Waals surface area contributed by atoms with Crippen LogP contribution in [0.2, 0.25) is 0 Å². The molecule has 0 aromatic heterocycles. The van der Waals surface area contributed by atoms with Gasteiger partial charge >= 0.3 is 6.03 Å². The lowest BCUT2D eigenvalue weighted by Crippen LogP contribution is -2.50. The third-order valence-corrected chi connectivity index (χ3v) is 3.89. The number of rotatable bonds is 2. The maximum Gasteiger partial charge on any atom is 0.322 e. The Kier molecular flexibility index (Phi) is 4.14. The Morgan fingerprint density at radius 3 is 2.23 bits per heavy atom. The van der Waals surface area contributed by atoms with E-state index >= 15 is 0 Å². The topological polar surface area (TPSA) is 61.6 Å². The van der Waals surface area contributed by atoms with Crippen LogP contribution in [-0.2, 0) is 0 Å². The highest BCUT2D eigenvalue weighted by Crippen LogP contribution is 2.19. The van der Waals surface area contributed by atoms with Crippen molar-refractivity contribution >= 4 is 23.1 Å². The zero-order valence-corrected chi connectivity index (χ0v) is 12.4. The molecule has 114 valence electrons. The number of hydrogen-bond acceptors (Lipinski definition) is 3. The van der Waals surface area contributed by atoms with E-state index in [4.69, 9.17) is 5.73 Å². The van der Waals surface area contributed by atoms with Crippen LogP contribution in [0.5, 0.6) is 0 Å². The van der Waals surface area contributed by atoms with E-state index < -0.39 is 0 Å². The van der Waals surface area contributed by atoms with Crippen LogP contribution in [-0.4, -0.2) is 37.1 Å². The summed E-state index contributed by atoms with van der Waals surface area (Å²) in [5, 5.41) is 2.88. The van der Waals surface area contributed by atoms with Crippen molar-refractivity contribution in [3.8, 4) is 0 Å². The highest BCUT2D eigenvalue weighted by atomic mass is 16.2. The van der Waals surface area contributed by atoms with Crippen molar-refractivity contribution in [1.29, 1.82) is 0 Å². The van der Waals surface area contributed by atoms with Crippen LogP contribution < -0.4 is 16.0 Å². The number of nitrogen functional groups attached to an aromatic ring is 1. The van der Waals surface area contributed by atoms with Gasteiger partial charge in [-0.25, -0.2) is 4.79 Å². The van der Waals surface area contributed by atoms with Crippen molar-refractivity contribution in [2.45, 2.75) is 0 Å². The minimum Gasteiger partial charge on any atom is -0.397 e. The van der Waals surface area contributed by atoms with Gasteiger partial charge in [0, 0.05) is 31.9 Å². The molecule has 1 aliphatic heterocycles. The molecule has 0 radical (unpaired) electrons. The van der Waals surface area contributed by atoms with E-state index in [1.54, 1.807) is 6.07 Å². The molecule has 2 amide bonds. The molecule has 3 rings (SSSR count). The molecule has 1 fully saturated rings. The number of nitrogens with one attached hydrogen (secondary N) is 1. The largest absolute Gasteiger partial charge is 0.397 e. The molecule has 2 aromatic rings. The van der Waals surface area contributed by atoms with Crippen LogP contribution in [0.4, 0.5) is 21.9 Å². The third kappa shape index (κ3) is 3.14. The van der Waals surface area contributed by atoms with Gasteiger partial charge in [0.1, 0.15) is 0 Å². The molecule has 0 aliphatic carbocycles. The van der Waals surface area contributed by atoms with Crippen LogP contribution in [0.25, 0.3) is 0 Å². The average molecular weight is 296 g/mol. The summed E-state index contributed by atoms with van der Waals surface area (Å²) < 4.78 is 0. The molecule has 1 aliphatic rings. The van der Waals surface area contributed by atoms with E-state index in [2.05, 4.69) is 22.3 Å². The van der Waals surface area contributed by atoms with Crippen LogP contribution in [0, 0.1) is 0 Å². The molecule has 0 spiro atoms. The van der Waals surface area contributed by atoms with Crippen molar-refractivity contribution in [3.63, 3.8) is 0 Å². The maximum absolute atomic E-state index is 12.3. The number of piperazine rings is 1. The van der Waals surface area contributed by atoms with Crippen molar-refractivity contribution in [2.24, 2.45) is 0 Å². The zero-order chi connectivity index (χ0) is 15.4. The number of para-hydroxylation sites is 3. The molecule has 1 heterocycles. The first-order valence-corrected chi connectivity index (χ1v) is 7.44. The molecule has 22 heavy (non-hydrogen) atoms. The van der Waals surface area contributed by atoms with Crippen molar-refractivity contribution < 1.29 is 4.79 Å². The lowest BCUT2D eigenvalue weighted by atomic mass is 10.2. The fourth-order valence-corrected chi connectivity index (χ4v) is 2.61. The predicted molar refractivity (Wildman–Crippen MR) is 90.1 cm³/mol. The normalized spacial score (nSPS) is 14.7. The molecular weight excluding hydrogens is 276 g/mol. The van der Waals surface area contributed by atoms with Gasteiger partial charge in [0.15, 0.2) is 0 Å². The minimum absolute atomic E-state index is 0.0920. The lowest BCUT2D eigenvalue weighted by Gasteiger charge is -2.36. The first kappa shape index (κ1) is 14.3. The highest BCUT2D eigenvalue weighted by molar-refractivity contribution is 5.92. The fraction of sp³-hybridized carbons (Fsp3) is 0.235. The number of carbonyl (C=O) groups excluding carboxylic acids is 1. The van der Waals surface area contributed by atoms with E-state index in [0.717, 1.165) is 13.1 Å². The van der Waals surface area contributed by atoms with Gasteiger partial charge in [0.2, 0.25) is 0 Å². The SMILES string of the molecule is Nc1ccccc1NC(=O)N1CCN(c2ccccc2)CC1. The highest BCUT2D eigenvalue weighted by Gasteiger charge is 2.21. The van der Waals surface area contributed by atoms with Gasteiger partial charge in [-0.05, 0) is 24.3 Å². The Morgan fingerprint density at radius 1 is 0.909 bits per heavy atom. The number of carbonyl (C=O) groups is 1. The van der Waals surface area contributed by atoms with Crippen LogP contribution in [0.15, 0.2) is 54.6 Å². The maximum atomic E-state index is 12.3. The predicted octanol–water partition coefficient (Wildman–Crippen LogP) is 2.62. The van der Waals surface area contributed by atoms with E-state index in [-0.39, 0.29) is 6.03 Å². The fourth-order valence-electron chi connectivity index (χ4n) is 2.61. The minimum atomic E-state index is -0.0920. The summed E-state index contributed by atoms with van der Waals surface area (Å²) in [4.78, 5) is 16.4. The van der Waals surface area contributed by atoms with Gasteiger partial charge in [-0.15, -0.1) is 0 Å². The standard InChI is InChI=1S/C17H20N4O/c18-15-8-4-5-9-16(15)19-17(22)21-12-10-20(11-13-21)14-6-2-1-3-7-14/h1-9H,10-13,18H2,(H,19,22). The lowest BCUT2D eigenvalue weighted by molar-refractivity contribution is 0.208. The Labute approximate surface area is 130 Å². The summed E-state index contributed by atoms with van der Waals surface area (Å²) in [6, 6.07) is 17.5. The average Bonchev–Trinajstić information content (AvgIpc) is 2.58. The number of anilines is 3. The van der Waals surface area contributed by atoms with E-state index in [1.165, 1.54) is 5.69 Å². The molecule has 1 saturated heterocycles. The molecule has 0 unspecified atom stereocenters. The summed E-state index contributed by atoms with van der Waals surface area (Å²) in [6.45, 7) is 3.07. The Balaban J connectivity index is 1.57. The smallest absolute Gasteiger partial charge is 0.322 e. The Bertz CT molecular complexity index is 636. The second kappa shape index (κ2) is 6.39. The van der Waals surface area contributed by atoms with E-state index in [0.29, 0.717) is 24.5 Å². The summed E-state index contributed by atoms with van der Waals surface area (Å²) >= 11 is 0. The molecule has 5 heteroatoms. The van der Waals surface area contributed by atoms with Gasteiger partial charge in [0.05, 0.1) is 11.4 Å². The number of amides is 2. The number of benzene rings is 2. The molecular formula is C17H20N4O. The van der Waals surface area contributed by atoms with Crippen LogP contribution in [0.3, 0.4) is 0 Å². The first-order chi connectivity index (χ1) is 10.7. The number of nitrogens with two attached hydrogens (primary N) is 1. The zero-order valence-electron chi connectivity index (χ0n) is 12.4. The summed E-state index contributed by atoms with van der Waals surface area (Å²) in [6.07, 6.45) is 0. The van der Waals surface area contributed by atoms with Crippen LogP contribution in [0.1, 0.15) is 0 Å². The Hall–Kier alpha value is -2.69. The van der Waals surface area contributed by atoms with Crippen molar-refractivity contribution in [3.05, 3.63) is 54.6 Å². The molecule has 0 saturated carbocycles. The van der Waals surface area contributed by atoms with Crippen LogP contribution >= 0.6 is 0 Å².